The molecule has 0 radical (unpaired) electrons. The Morgan fingerprint density at radius 3 is 2.62 bits per heavy atom. The van der Waals surface area contributed by atoms with Gasteiger partial charge >= 0.3 is 5.97 Å². The number of carbonyl (C=O) groups is 1. The molecule has 0 amide bonds. The van der Waals surface area contributed by atoms with Crippen LogP contribution >= 0.6 is 0 Å². The summed E-state index contributed by atoms with van der Waals surface area (Å²) >= 11 is 0. The molecule has 0 fully saturated rings. The highest BCUT2D eigenvalue weighted by atomic mass is 16.5. The number of hydrogen-bond donors (Lipinski definition) is 2. The molecule has 5 nitrogen and oxygen atoms in total. The molecule has 0 unspecified atom stereocenters. The highest BCUT2D eigenvalue weighted by molar-refractivity contribution is 5.92. The molecule has 1 aromatic rings. The third kappa shape index (κ3) is 3.03. The van der Waals surface area contributed by atoms with Crippen LogP contribution in [0.2, 0.25) is 0 Å². The van der Waals surface area contributed by atoms with Crippen LogP contribution in [-0.2, 0) is 9.53 Å². The molecule has 0 saturated carbocycles. The van der Waals surface area contributed by atoms with E-state index in [4.69, 9.17) is 10.4 Å². The van der Waals surface area contributed by atoms with Gasteiger partial charge in [0.15, 0.2) is 5.57 Å². The van der Waals surface area contributed by atoms with Crippen molar-refractivity contribution < 1.29 is 14.6 Å². The summed E-state index contributed by atoms with van der Waals surface area (Å²) in [6.45, 7) is 0. The second kappa shape index (κ2) is 5.41. The minimum absolute atomic E-state index is 0.129. The van der Waals surface area contributed by atoms with Crippen molar-refractivity contribution in [1.29, 1.82) is 5.26 Å². The summed E-state index contributed by atoms with van der Waals surface area (Å²) in [5, 5.41) is 20.4. The Labute approximate surface area is 92.6 Å². The van der Waals surface area contributed by atoms with Crippen LogP contribution in [0, 0.1) is 11.3 Å². The van der Waals surface area contributed by atoms with Crippen LogP contribution in [-0.4, -0.2) is 18.2 Å². The number of phenolic OH excluding ortho intramolecular Hbond substituents is 1. The van der Waals surface area contributed by atoms with Crippen molar-refractivity contribution in [3.05, 3.63) is 36.0 Å². The Hall–Kier alpha value is -2.48. The van der Waals surface area contributed by atoms with Crippen molar-refractivity contribution >= 4 is 11.7 Å². The van der Waals surface area contributed by atoms with Crippen LogP contribution in [0.1, 0.15) is 0 Å². The zero-order valence-corrected chi connectivity index (χ0v) is 8.60. The smallest absolute Gasteiger partial charge is 0.350 e. The fourth-order valence-electron chi connectivity index (χ4n) is 0.960. The standard InChI is InChI=1S/C11H10N2O3/c1-16-11(15)8(6-12)7-13-9-2-4-10(14)5-3-9/h2-5,7,13-14H,1H3/b8-7+. The van der Waals surface area contributed by atoms with Gasteiger partial charge < -0.3 is 15.2 Å². The van der Waals surface area contributed by atoms with Crippen LogP contribution in [0.25, 0.3) is 0 Å². The summed E-state index contributed by atoms with van der Waals surface area (Å²) in [5.41, 5.74) is 0.519. The molecule has 0 saturated heterocycles. The zero-order chi connectivity index (χ0) is 12.0. The third-order valence-electron chi connectivity index (χ3n) is 1.78. The quantitative estimate of drug-likeness (QED) is 0.346. The first-order valence-corrected chi connectivity index (χ1v) is 4.41. The van der Waals surface area contributed by atoms with Gasteiger partial charge in [-0.1, -0.05) is 0 Å². The predicted molar refractivity (Wildman–Crippen MR) is 57.4 cm³/mol. The van der Waals surface area contributed by atoms with Crippen molar-refractivity contribution in [3.8, 4) is 11.8 Å². The third-order valence-corrected chi connectivity index (χ3v) is 1.78. The monoisotopic (exact) mass is 218 g/mol. The molecule has 0 aliphatic rings. The molecule has 0 heterocycles. The number of anilines is 1. The van der Waals surface area contributed by atoms with Crippen LogP contribution < -0.4 is 5.32 Å². The molecule has 2 N–H and O–H groups in total. The maximum absolute atomic E-state index is 11.0. The molecule has 0 aromatic heterocycles. The minimum Gasteiger partial charge on any atom is -0.508 e. The number of aromatic hydroxyl groups is 1. The second-order valence-electron chi connectivity index (χ2n) is 2.85. The van der Waals surface area contributed by atoms with Crippen molar-refractivity contribution in [2.45, 2.75) is 0 Å². The molecule has 82 valence electrons. The molecule has 0 bridgehead atoms. The first-order chi connectivity index (χ1) is 7.67. The molecular formula is C11H10N2O3. The molecule has 5 heteroatoms. The van der Waals surface area contributed by atoms with Gasteiger partial charge in [0.1, 0.15) is 11.8 Å². The highest BCUT2D eigenvalue weighted by Gasteiger charge is 2.07. The van der Waals surface area contributed by atoms with Gasteiger partial charge in [0.25, 0.3) is 0 Å². The predicted octanol–water partition coefficient (Wildman–Crippen LogP) is 1.38. The van der Waals surface area contributed by atoms with E-state index in [1.54, 1.807) is 18.2 Å². The Morgan fingerprint density at radius 2 is 2.12 bits per heavy atom. The van der Waals surface area contributed by atoms with Crippen molar-refractivity contribution in [2.75, 3.05) is 12.4 Å². The van der Waals surface area contributed by atoms with Gasteiger partial charge in [0.2, 0.25) is 0 Å². The number of nitriles is 1. The summed E-state index contributed by atoms with van der Waals surface area (Å²) in [6, 6.07) is 7.90. The lowest BCUT2D eigenvalue weighted by atomic mass is 10.3. The second-order valence-corrected chi connectivity index (χ2v) is 2.85. The number of benzene rings is 1. The number of nitrogens with one attached hydrogen (secondary N) is 1. The number of rotatable bonds is 3. The number of ether oxygens (including phenoxy) is 1. The molecule has 0 spiro atoms. The molecule has 0 aliphatic carbocycles. The van der Waals surface area contributed by atoms with Crippen LogP contribution in [0.3, 0.4) is 0 Å². The molecule has 16 heavy (non-hydrogen) atoms. The number of carbonyl (C=O) groups excluding carboxylic acids is 1. The van der Waals surface area contributed by atoms with E-state index < -0.39 is 5.97 Å². The van der Waals surface area contributed by atoms with Crippen molar-refractivity contribution in [3.63, 3.8) is 0 Å². The Bertz CT molecular complexity index is 443. The number of hydrogen-bond acceptors (Lipinski definition) is 5. The van der Waals surface area contributed by atoms with E-state index in [1.807, 2.05) is 0 Å². The number of phenols is 1. The summed E-state index contributed by atoms with van der Waals surface area (Å²) in [6.07, 6.45) is 1.25. The fourth-order valence-corrected chi connectivity index (χ4v) is 0.960. The molecular weight excluding hydrogens is 208 g/mol. The minimum atomic E-state index is -0.700. The van der Waals surface area contributed by atoms with Gasteiger partial charge in [0.05, 0.1) is 7.11 Å². The zero-order valence-electron chi connectivity index (χ0n) is 8.60. The van der Waals surface area contributed by atoms with Gasteiger partial charge in [-0.2, -0.15) is 5.26 Å². The van der Waals surface area contributed by atoms with Gasteiger partial charge in [-0.05, 0) is 24.3 Å². The molecule has 0 atom stereocenters. The Kier molecular flexibility index (Phi) is 3.92. The van der Waals surface area contributed by atoms with E-state index in [1.165, 1.54) is 25.4 Å². The Balaban J connectivity index is 2.75. The first kappa shape index (κ1) is 11.6. The maximum Gasteiger partial charge on any atom is 0.350 e. The largest absolute Gasteiger partial charge is 0.508 e. The van der Waals surface area contributed by atoms with Crippen molar-refractivity contribution in [2.24, 2.45) is 0 Å². The summed E-state index contributed by atoms with van der Waals surface area (Å²) in [7, 11) is 1.20. The summed E-state index contributed by atoms with van der Waals surface area (Å²) in [4.78, 5) is 11.0. The Morgan fingerprint density at radius 1 is 1.50 bits per heavy atom. The average molecular weight is 218 g/mol. The van der Waals surface area contributed by atoms with Crippen LogP contribution in [0.4, 0.5) is 5.69 Å². The van der Waals surface area contributed by atoms with E-state index in [9.17, 15) is 4.79 Å². The van der Waals surface area contributed by atoms with Gasteiger partial charge in [0, 0.05) is 11.9 Å². The molecule has 1 rings (SSSR count). The van der Waals surface area contributed by atoms with Crippen LogP contribution in [0.15, 0.2) is 36.0 Å². The maximum atomic E-state index is 11.0. The topological polar surface area (TPSA) is 82.4 Å². The summed E-state index contributed by atoms with van der Waals surface area (Å²) in [5.74, 6) is -0.559. The summed E-state index contributed by atoms with van der Waals surface area (Å²) < 4.78 is 4.40. The molecule has 0 aliphatic heterocycles. The van der Waals surface area contributed by atoms with E-state index in [0.717, 1.165) is 0 Å². The van der Waals surface area contributed by atoms with E-state index in [2.05, 4.69) is 10.1 Å². The number of methoxy groups -OCH3 is 1. The number of esters is 1. The normalized spacial score (nSPS) is 10.4. The lowest BCUT2D eigenvalue weighted by Crippen LogP contribution is -2.05. The van der Waals surface area contributed by atoms with Gasteiger partial charge in [-0.3, -0.25) is 0 Å². The van der Waals surface area contributed by atoms with Gasteiger partial charge in [-0.25, -0.2) is 4.79 Å². The SMILES string of the molecule is COC(=O)/C(C#N)=C/Nc1ccc(O)cc1. The number of nitrogens with zero attached hydrogens (tertiary/aromatic N) is 1. The fraction of sp³-hybridized carbons (Fsp3) is 0.0909. The lowest BCUT2D eigenvalue weighted by molar-refractivity contribution is -0.135. The van der Waals surface area contributed by atoms with E-state index in [0.29, 0.717) is 5.69 Å². The van der Waals surface area contributed by atoms with Crippen LogP contribution in [0.5, 0.6) is 5.75 Å². The van der Waals surface area contributed by atoms with Crippen molar-refractivity contribution in [1.82, 2.24) is 0 Å². The first-order valence-electron chi connectivity index (χ1n) is 4.41. The lowest BCUT2D eigenvalue weighted by Gasteiger charge is -2.01. The van der Waals surface area contributed by atoms with E-state index >= 15 is 0 Å². The average Bonchev–Trinajstić information content (AvgIpc) is 2.31. The van der Waals surface area contributed by atoms with Gasteiger partial charge in [-0.15, -0.1) is 0 Å². The highest BCUT2D eigenvalue weighted by Crippen LogP contribution is 2.13. The van der Waals surface area contributed by atoms with E-state index in [-0.39, 0.29) is 11.3 Å². The molecule has 1 aromatic carbocycles.